The largest absolute Gasteiger partial charge is 0.416 e. The van der Waals surface area contributed by atoms with Gasteiger partial charge in [0.2, 0.25) is 11.8 Å². The van der Waals surface area contributed by atoms with Gasteiger partial charge >= 0.3 is 6.18 Å². The second kappa shape index (κ2) is 8.19. The van der Waals surface area contributed by atoms with Crippen LogP contribution < -0.4 is 10.2 Å². The van der Waals surface area contributed by atoms with E-state index in [1.54, 1.807) is 18.7 Å². The van der Waals surface area contributed by atoms with Crippen molar-refractivity contribution in [3.05, 3.63) is 58.1 Å². The van der Waals surface area contributed by atoms with E-state index in [1.165, 1.54) is 6.07 Å². The first-order valence-corrected chi connectivity index (χ1v) is 10.4. The molecule has 4 nitrogen and oxygen atoms in total. The van der Waals surface area contributed by atoms with E-state index >= 15 is 0 Å². The van der Waals surface area contributed by atoms with E-state index in [0.717, 1.165) is 28.9 Å². The van der Waals surface area contributed by atoms with Crippen molar-refractivity contribution < 1.29 is 22.8 Å². The summed E-state index contributed by atoms with van der Waals surface area (Å²) in [4.78, 5) is 28.1. The maximum Gasteiger partial charge on any atom is 0.416 e. The lowest BCUT2D eigenvalue weighted by molar-refractivity contribution is -0.137. The number of hydrogen-bond donors (Lipinski definition) is 1. The second-order valence-corrected chi connectivity index (χ2v) is 8.51. The standard InChI is InChI=1S/C23H24ClF3N2O2/c1-5-22(21(31)28-18-10-16(23(25,26)27)9-17(24)11-18)12-29(20(30)15(22)4)19-13(2)7-6-8-14(19)3/h6-11,15H,5,12H2,1-4H3,(H,28,31)/t15-,22?/m1/s1. The van der Waals surface area contributed by atoms with E-state index in [0.29, 0.717) is 6.42 Å². The van der Waals surface area contributed by atoms with E-state index in [2.05, 4.69) is 5.32 Å². The van der Waals surface area contributed by atoms with Gasteiger partial charge in [-0.15, -0.1) is 0 Å². The average Bonchev–Trinajstić information content (AvgIpc) is 2.93. The summed E-state index contributed by atoms with van der Waals surface area (Å²) in [5.74, 6) is -1.32. The topological polar surface area (TPSA) is 49.4 Å². The minimum absolute atomic E-state index is 0.0529. The average molecular weight is 453 g/mol. The number of nitrogens with zero attached hydrogens (tertiary/aromatic N) is 1. The first-order chi connectivity index (χ1) is 14.4. The number of anilines is 2. The summed E-state index contributed by atoms with van der Waals surface area (Å²) in [7, 11) is 0. The van der Waals surface area contributed by atoms with E-state index in [-0.39, 0.29) is 23.2 Å². The Morgan fingerprint density at radius 2 is 1.84 bits per heavy atom. The molecule has 2 atom stereocenters. The highest BCUT2D eigenvalue weighted by Crippen LogP contribution is 2.44. The molecule has 0 spiro atoms. The number of hydrogen-bond acceptors (Lipinski definition) is 2. The summed E-state index contributed by atoms with van der Waals surface area (Å²) in [6.45, 7) is 7.44. The number of benzene rings is 2. The number of halogens is 4. The Kier molecular flexibility index (Phi) is 6.11. The first-order valence-electron chi connectivity index (χ1n) is 9.97. The van der Waals surface area contributed by atoms with Crippen LogP contribution in [0.5, 0.6) is 0 Å². The maximum atomic E-state index is 13.3. The molecule has 1 aliphatic heterocycles. The normalized spacial score (nSPS) is 21.5. The smallest absolute Gasteiger partial charge is 0.325 e. The van der Waals surface area contributed by atoms with Gasteiger partial charge in [-0.3, -0.25) is 9.59 Å². The predicted molar refractivity (Wildman–Crippen MR) is 115 cm³/mol. The zero-order chi connectivity index (χ0) is 23.1. The Morgan fingerprint density at radius 3 is 2.39 bits per heavy atom. The van der Waals surface area contributed by atoms with Crippen LogP contribution in [0.4, 0.5) is 24.5 Å². The Hall–Kier alpha value is -2.54. The molecule has 0 radical (unpaired) electrons. The van der Waals surface area contributed by atoms with Crippen molar-refractivity contribution in [3.63, 3.8) is 0 Å². The maximum absolute atomic E-state index is 13.3. The van der Waals surface area contributed by atoms with E-state index < -0.39 is 29.0 Å². The number of carbonyl (C=O) groups excluding carboxylic acids is 2. The van der Waals surface area contributed by atoms with Crippen LogP contribution >= 0.6 is 11.6 Å². The lowest BCUT2D eigenvalue weighted by atomic mass is 9.75. The van der Waals surface area contributed by atoms with Crippen molar-refractivity contribution in [2.24, 2.45) is 11.3 Å². The third-order valence-corrected chi connectivity index (χ3v) is 6.40. The molecule has 3 rings (SSSR count). The highest BCUT2D eigenvalue weighted by molar-refractivity contribution is 6.31. The molecule has 1 aliphatic rings. The lowest BCUT2D eigenvalue weighted by Crippen LogP contribution is -2.42. The summed E-state index contributed by atoms with van der Waals surface area (Å²) in [5, 5.41) is 2.44. The third-order valence-electron chi connectivity index (χ3n) is 6.18. The first kappa shape index (κ1) is 23.1. The molecule has 2 aromatic carbocycles. The molecule has 1 unspecified atom stereocenters. The molecule has 2 aromatic rings. The molecule has 1 N–H and O–H groups in total. The van der Waals surface area contributed by atoms with Crippen LogP contribution in [0.15, 0.2) is 36.4 Å². The van der Waals surface area contributed by atoms with Gasteiger partial charge in [-0.1, -0.05) is 43.6 Å². The SMILES string of the molecule is CCC1(C(=O)Nc2cc(Cl)cc(C(F)(F)F)c2)CN(c2c(C)cccc2C)C(=O)[C@H]1C. The van der Waals surface area contributed by atoms with Crippen molar-refractivity contribution >= 4 is 34.8 Å². The summed E-state index contributed by atoms with van der Waals surface area (Å²) in [6.07, 6.45) is -4.25. The van der Waals surface area contributed by atoms with E-state index in [9.17, 15) is 22.8 Å². The van der Waals surface area contributed by atoms with E-state index in [4.69, 9.17) is 11.6 Å². The van der Waals surface area contributed by atoms with Gasteiger partial charge in [-0.2, -0.15) is 13.2 Å². The number of aryl methyl sites for hydroxylation is 2. The quantitative estimate of drug-likeness (QED) is 0.619. The molecule has 0 saturated carbocycles. The molecule has 1 heterocycles. The Labute approximate surface area is 184 Å². The van der Waals surface area contributed by atoms with Gasteiger partial charge in [-0.05, 0) is 49.6 Å². The molecule has 2 amide bonds. The molecule has 0 aromatic heterocycles. The number of nitrogens with one attached hydrogen (secondary N) is 1. The fraction of sp³-hybridized carbons (Fsp3) is 0.391. The van der Waals surface area contributed by atoms with Crippen LogP contribution in [0.25, 0.3) is 0 Å². The van der Waals surface area contributed by atoms with Crippen molar-refractivity contribution in [1.29, 1.82) is 0 Å². The van der Waals surface area contributed by atoms with Gasteiger partial charge in [0.05, 0.1) is 16.9 Å². The molecule has 0 bridgehead atoms. The van der Waals surface area contributed by atoms with Crippen LogP contribution in [0.2, 0.25) is 5.02 Å². The molecule has 31 heavy (non-hydrogen) atoms. The van der Waals surface area contributed by atoms with Crippen LogP contribution in [0.3, 0.4) is 0 Å². The fourth-order valence-corrected chi connectivity index (χ4v) is 4.55. The summed E-state index contributed by atoms with van der Waals surface area (Å²) >= 11 is 5.84. The number of para-hydroxylation sites is 1. The fourth-order valence-electron chi connectivity index (χ4n) is 4.32. The molecule has 1 saturated heterocycles. The zero-order valence-corrected chi connectivity index (χ0v) is 18.5. The third kappa shape index (κ3) is 4.15. The molecular formula is C23H24ClF3N2O2. The van der Waals surface area contributed by atoms with Crippen molar-refractivity contribution in [3.8, 4) is 0 Å². The van der Waals surface area contributed by atoms with Gasteiger partial charge in [0.1, 0.15) is 0 Å². The van der Waals surface area contributed by atoms with Crippen molar-refractivity contribution in [2.75, 3.05) is 16.8 Å². The monoisotopic (exact) mass is 452 g/mol. The van der Waals surface area contributed by atoms with Crippen LogP contribution in [0, 0.1) is 25.2 Å². The molecule has 166 valence electrons. The summed E-state index contributed by atoms with van der Waals surface area (Å²) < 4.78 is 39.4. The Morgan fingerprint density at radius 1 is 1.23 bits per heavy atom. The van der Waals surface area contributed by atoms with Gasteiger partial charge in [0.25, 0.3) is 0 Å². The number of alkyl halides is 3. The zero-order valence-electron chi connectivity index (χ0n) is 17.7. The minimum Gasteiger partial charge on any atom is -0.325 e. The van der Waals surface area contributed by atoms with Gasteiger partial charge < -0.3 is 10.2 Å². The molecule has 8 heteroatoms. The van der Waals surface area contributed by atoms with Crippen molar-refractivity contribution in [2.45, 2.75) is 40.3 Å². The predicted octanol–water partition coefficient (Wildman–Crippen LogP) is 5.99. The minimum atomic E-state index is -4.59. The highest BCUT2D eigenvalue weighted by Gasteiger charge is 2.54. The lowest BCUT2D eigenvalue weighted by Gasteiger charge is -2.30. The Bertz CT molecular complexity index is 1020. The summed E-state index contributed by atoms with van der Waals surface area (Å²) in [5.41, 5.74) is 0.503. The van der Waals surface area contributed by atoms with Crippen LogP contribution in [-0.2, 0) is 15.8 Å². The van der Waals surface area contributed by atoms with Crippen molar-refractivity contribution in [1.82, 2.24) is 0 Å². The number of amides is 2. The van der Waals surface area contributed by atoms with Crippen LogP contribution in [0.1, 0.15) is 37.0 Å². The molecular weight excluding hydrogens is 429 g/mol. The van der Waals surface area contributed by atoms with Crippen LogP contribution in [-0.4, -0.2) is 18.4 Å². The summed E-state index contributed by atoms with van der Waals surface area (Å²) in [6, 6.07) is 8.61. The number of carbonyl (C=O) groups is 2. The van der Waals surface area contributed by atoms with E-state index in [1.807, 2.05) is 32.0 Å². The number of rotatable bonds is 4. The molecule has 1 fully saturated rings. The Balaban J connectivity index is 1.96. The van der Waals surface area contributed by atoms with Gasteiger partial charge in [0, 0.05) is 22.9 Å². The second-order valence-electron chi connectivity index (χ2n) is 8.08. The van der Waals surface area contributed by atoms with Gasteiger partial charge in [0.15, 0.2) is 0 Å². The highest BCUT2D eigenvalue weighted by atomic mass is 35.5. The van der Waals surface area contributed by atoms with Gasteiger partial charge in [-0.25, -0.2) is 0 Å². The molecule has 0 aliphatic carbocycles.